The normalized spacial score (nSPS) is 14.4. The molecule has 5 nitrogen and oxygen atoms in total. The smallest absolute Gasteiger partial charge is 0.280 e. The predicted molar refractivity (Wildman–Crippen MR) is 127 cm³/mol. The molecular weight excluding hydrogens is 445 g/mol. The molecule has 0 aliphatic carbocycles. The lowest BCUT2D eigenvalue weighted by molar-refractivity contribution is -0.114. The minimum atomic E-state index is -0.227. The summed E-state index contributed by atoms with van der Waals surface area (Å²) in [4.78, 5) is 12.9. The van der Waals surface area contributed by atoms with Gasteiger partial charge in [-0.3, -0.25) is 4.79 Å². The van der Waals surface area contributed by atoms with Crippen LogP contribution in [0.15, 0.2) is 77.4 Å². The molecule has 158 valence electrons. The number of nitrogens with zero attached hydrogens (tertiary/aromatic N) is 3. The average Bonchev–Trinajstić information content (AvgIpc) is 3.07. The molecule has 0 saturated carbocycles. The van der Waals surface area contributed by atoms with Gasteiger partial charge in [-0.1, -0.05) is 59.6 Å². The van der Waals surface area contributed by atoms with Crippen molar-refractivity contribution in [3.8, 4) is 11.8 Å². The summed E-state index contributed by atoms with van der Waals surface area (Å²) in [7, 11) is 0. The highest BCUT2D eigenvalue weighted by Crippen LogP contribution is 2.36. The first kappa shape index (κ1) is 21.6. The highest BCUT2D eigenvalue weighted by molar-refractivity contribution is 6.37. The van der Waals surface area contributed by atoms with Crippen LogP contribution in [0.5, 0.6) is 5.75 Å². The quantitative estimate of drug-likeness (QED) is 0.421. The summed E-state index contributed by atoms with van der Waals surface area (Å²) >= 11 is 12.9. The molecule has 0 saturated heterocycles. The number of hydrogen-bond donors (Lipinski definition) is 0. The molecular formula is C25H17Cl2N3O2. The van der Waals surface area contributed by atoms with Crippen molar-refractivity contribution in [2.24, 2.45) is 5.10 Å². The first-order chi connectivity index (χ1) is 15.5. The zero-order valence-electron chi connectivity index (χ0n) is 17.0. The van der Waals surface area contributed by atoms with Crippen LogP contribution < -0.4 is 9.75 Å². The van der Waals surface area contributed by atoms with Crippen molar-refractivity contribution in [3.63, 3.8) is 0 Å². The van der Waals surface area contributed by atoms with Gasteiger partial charge in [0.15, 0.2) is 5.75 Å². The Kier molecular flexibility index (Phi) is 6.27. The number of hydrogen-bond acceptors (Lipinski definition) is 4. The van der Waals surface area contributed by atoms with Crippen molar-refractivity contribution in [2.75, 3.05) is 5.01 Å². The van der Waals surface area contributed by atoms with Gasteiger partial charge in [0.1, 0.15) is 6.61 Å². The number of ether oxygens (including phenoxy) is 1. The standard InChI is InChI=1S/C25H17Cl2N3O2/c1-16-21(25(31)30(29-16)20-9-3-2-4-10-20)11-17-12-22(26)24(23(27)13-17)32-15-19-8-6-5-7-18(19)14-28/h2-13H,15H2,1H3/b21-11+. The van der Waals surface area contributed by atoms with E-state index in [4.69, 9.17) is 27.9 Å². The maximum Gasteiger partial charge on any atom is 0.280 e. The molecule has 3 aromatic rings. The third-order valence-electron chi connectivity index (χ3n) is 4.90. The van der Waals surface area contributed by atoms with Crippen LogP contribution in [0.3, 0.4) is 0 Å². The molecule has 7 heteroatoms. The van der Waals surface area contributed by atoms with E-state index in [0.717, 1.165) is 5.56 Å². The Morgan fingerprint density at radius 3 is 2.41 bits per heavy atom. The van der Waals surface area contributed by atoms with Crippen molar-refractivity contribution < 1.29 is 9.53 Å². The number of amides is 1. The minimum Gasteiger partial charge on any atom is -0.486 e. The molecule has 0 fully saturated rings. The van der Waals surface area contributed by atoms with Gasteiger partial charge in [-0.25, -0.2) is 0 Å². The topological polar surface area (TPSA) is 65.7 Å². The fourth-order valence-corrected chi connectivity index (χ4v) is 3.91. The van der Waals surface area contributed by atoms with Crippen molar-refractivity contribution in [2.45, 2.75) is 13.5 Å². The lowest BCUT2D eigenvalue weighted by Gasteiger charge is -2.12. The van der Waals surface area contributed by atoms with E-state index < -0.39 is 0 Å². The Morgan fingerprint density at radius 2 is 1.72 bits per heavy atom. The van der Waals surface area contributed by atoms with E-state index in [-0.39, 0.29) is 12.5 Å². The second kappa shape index (κ2) is 9.27. The largest absolute Gasteiger partial charge is 0.486 e. The van der Waals surface area contributed by atoms with E-state index in [9.17, 15) is 10.1 Å². The van der Waals surface area contributed by atoms with E-state index in [1.54, 1.807) is 37.3 Å². The first-order valence-corrected chi connectivity index (χ1v) is 10.5. The zero-order valence-corrected chi connectivity index (χ0v) is 18.6. The van der Waals surface area contributed by atoms with Gasteiger partial charge in [0.05, 0.1) is 38.7 Å². The van der Waals surface area contributed by atoms with E-state index in [1.807, 2.05) is 42.5 Å². The van der Waals surface area contributed by atoms with Crippen molar-refractivity contribution in [1.29, 1.82) is 5.26 Å². The molecule has 0 aromatic heterocycles. The minimum absolute atomic E-state index is 0.153. The second-order valence-electron chi connectivity index (χ2n) is 7.07. The zero-order chi connectivity index (χ0) is 22.7. The van der Waals surface area contributed by atoms with Crippen LogP contribution >= 0.6 is 23.2 Å². The van der Waals surface area contributed by atoms with Crippen LogP contribution in [-0.2, 0) is 11.4 Å². The Labute approximate surface area is 195 Å². The highest BCUT2D eigenvalue weighted by atomic mass is 35.5. The van der Waals surface area contributed by atoms with Crippen molar-refractivity contribution >= 4 is 46.6 Å². The second-order valence-corrected chi connectivity index (χ2v) is 7.88. The Balaban J connectivity index is 1.57. The maximum absolute atomic E-state index is 12.9. The van der Waals surface area contributed by atoms with Gasteiger partial charge in [0, 0.05) is 5.56 Å². The van der Waals surface area contributed by atoms with Crippen LogP contribution in [0, 0.1) is 11.3 Å². The SMILES string of the molecule is CC1=NN(c2ccccc2)C(=O)/C1=C/c1cc(Cl)c(OCc2ccccc2C#N)c(Cl)c1. The fourth-order valence-electron chi connectivity index (χ4n) is 3.30. The van der Waals surface area contributed by atoms with Crippen molar-refractivity contribution in [1.82, 2.24) is 0 Å². The Bertz CT molecular complexity index is 1270. The Hall–Kier alpha value is -3.59. The summed E-state index contributed by atoms with van der Waals surface area (Å²) in [6, 6.07) is 21.9. The summed E-state index contributed by atoms with van der Waals surface area (Å²) in [6.45, 7) is 1.93. The number of anilines is 1. The third kappa shape index (κ3) is 4.38. The maximum atomic E-state index is 12.9. The van der Waals surface area contributed by atoms with Gasteiger partial charge in [0.25, 0.3) is 5.91 Å². The molecule has 0 atom stereocenters. The summed E-state index contributed by atoms with van der Waals surface area (Å²) in [6.07, 6.45) is 1.70. The van der Waals surface area contributed by atoms with Gasteiger partial charge < -0.3 is 4.74 Å². The number of benzene rings is 3. The number of carbonyl (C=O) groups excluding carboxylic acids is 1. The van der Waals surface area contributed by atoms with E-state index in [0.29, 0.717) is 43.9 Å². The summed E-state index contributed by atoms with van der Waals surface area (Å²) < 4.78 is 5.80. The third-order valence-corrected chi connectivity index (χ3v) is 5.47. The Morgan fingerprint density at radius 1 is 1.06 bits per heavy atom. The lowest BCUT2D eigenvalue weighted by Crippen LogP contribution is -2.21. The molecule has 1 heterocycles. The molecule has 0 radical (unpaired) electrons. The molecule has 1 aliphatic heterocycles. The predicted octanol–water partition coefficient (Wildman–Crippen LogP) is 6.25. The number of nitriles is 1. The fraction of sp³-hybridized carbons (Fsp3) is 0.0800. The molecule has 1 aliphatic rings. The monoisotopic (exact) mass is 461 g/mol. The molecule has 1 amide bonds. The van der Waals surface area contributed by atoms with Crippen LogP contribution in [0.25, 0.3) is 6.08 Å². The van der Waals surface area contributed by atoms with Crippen LogP contribution in [0.1, 0.15) is 23.6 Å². The van der Waals surface area contributed by atoms with Crippen molar-refractivity contribution in [3.05, 3.63) is 99.0 Å². The van der Waals surface area contributed by atoms with Crippen LogP contribution in [0.2, 0.25) is 10.0 Å². The van der Waals surface area contributed by atoms with Crippen LogP contribution in [0.4, 0.5) is 5.69 Å². The number of rotatable bonds is 5. The number of hydrazone groups is 1. The van der Waals surface area contributed by atoms with E-state index in [1.165, 1.54) is 5.01 Å². The molecule has 3 aromatic carbocycles. The van der Waals surface area contributed by atoms with Gasteiger partial charge in [-0.05, 0) is 48.9 Å². The van der Waals surface area contributed by atoms with Gasteiger partial charge in [-0.2, -0.15) is 15.4 Å². The number of carbonyl (C=O) groups is 1. The highest BCUT2D eigenvalue weighted by Gasteiger charge is 2.28. The van der Waals surface area contributed by atoms with Gasteiger partial charge >= 0.3 is 0 Å². The molecule has 32 heavy (non-hydrogen) atoms. The first-order valence-electron chi connectivity index (χ1n) is 9.74. The molecule has 0 unspecified atom stereocenters. The van der Waals surface area contributed by atoms with E-state index >= 15 is 0 Å². The lowest BCUT2D eigenvalue weighted by atomic mass is 10.1. The van der Waals surface area contributed by atoms with Gasteiger partial charge in [-0.15, -0.1) is 0 Å². The van der Waals surface area contributed by atoms with E-state index in [2.05, 4.69) is 11.2 Å². The average molecular weight is 462 g/mol. The van der Waals surface area contributed by atoms with Gasteiger partial charge in [0.2, 0.25) is 0 Å². The number of para-hydroxylation sites is 1. The number of halogens is 2. The van der Waals surface area contributed by atoms with Crippen LogP contribution in [-0.4, -0.2) is 11.6 Å². The molecule has 4 rings (SSSR count). The summed E-state index contributed by atoms with van der Waals surface area (Å²) in [5.74, 6) is 0.0895. The summed E-state index contributed by atoms with van der Waals surface area (Å²) in [5.41, 5.74) is 3.66. The molecule has 0 bridgehead atoms. The molecule has 0 spiro atoms. The molecule has 0 N–H and O–H groups in total. The summed E-state index contributed by atoms with van der Waals surface area (Å²) in [5, 5.41) is 15.6.